The Hall–Kier alpha value is -4.40. The molecule has 3 aliphatic rings. The van der Waals surface area contributed by atoms with E-state index in [0.717, 1.165) is 24.1 Å². The van der Waals surface area contributed by atoms with E-state index in [1.807, 2.05) is 24.3 Å². The fourth-order valence-corrected chi connectivity index (χ4v) is 5.74. The molecule has 1 unspecified atom stereocenters. The minimum absolute atomic E-state index is 0.0224. The van der Waals surface area contributed by atoms with Crippen LogP contribution in [-0.2, 0) is 26.2 Å². The number of para-hydroxylation sites is 1. The predicted octanol–water partition coefficient (Wildman–Crippen LogP) is 3.53. The summed E-state index contributed by atoms with van der Waals surface area (Å²) in [5.74, 6) is -2.73. The molecule has 9 nitrogen and oxygen atoms in total. The monoisotopic (exact) mass is 530 g/mol. The Labute approximate surface area is 225 Å². The van der Waals surface area contributed by atoms with Crippen molar-refractivity contribution in [1.29, 1.82) is 0 Å². The van der Waals surface area contributed by atoms with Crippen LogP contribution in [0.25, 0.3) is 0 Å². The molecule has 2 aromatic carbocycles. The molecule has 0 radical (unpaired) electrons. The van der Waals surface area contributed by atoms with E-state index in [2.05, 4.69) is 5.32 Å². The zero-order valence-electron chi connectivity index (χ0n) is 22.3. The number of nitrogens with zero attached hydrogens (tertiary/aromatic N) is 1. The lowest BCUT2D eigenvalue weighted by Gasteiger charge is -2.30. The summed E-state index contributed by atoms with van der Waals surface area (Å²) < 4.78 is 5.79. The number of benzene rings is 2. The number of nitrogens with one attached hydrogen (secondary N) is 1. The van der Waals surface area contributed by atoms with Gasteiger partial charge in [0, 0.05) is 42.5 Å². The number of phenols is 2. The van der Waals surface area contributed by atoms with Gasteiger partial charge >= 0.3 is 0 Å². The molecule has 2 aliphatic heterocycles. The van der Waals surface area contributed by atoms with Gasteiger partial charge < -0.3 is 25.2 Å². The Morgan fingerprint density at radius 1 is 1.13 bits per heavy atom. The number of carbonyl (C=O) groups is 4. The first-order valence-corrected chi connectivity index (χ1v) is 12.9. The van der Waals surface area contributed by atoms with Crippen LogP contribution in [0.15, 0.2) is 47.4 Å². The molecule has 0 saturated carbocycles. The van der Waals surface area contributed by atoms with Crippen molar-refractivity contribution in [2.24, 2.45) is 0 Å². The highest BCUT2D eigenvalue weighted by Crippen LogP contribution is 2.57. The number of phenolic OH excluding ortho intramolecular Hbond substituents is 2. The molecule has 5 rings (SSSR count). The van der Waals surface area contributed by atoms with Gasteiger partial charge in [-0.25, -0.2) is 0 Å². The van der Waals surface area contributed by atoms with Crippen molar-refractivity contribution in [2.75, 3.05) is 18.0 Å². The van der Waals surface area contributed by atoms with Gasteiger partial charge in [-0.3, -0.25) is 19.2 Å². The Balaban J connectivity index is 1.42. The zero-order valence-corrected chi connectivity index (χ0v) is 22.3. The Morgan fingerprint density at radius 2 is 1.85 bits per heavy atom. The molecule has 2 aromatic rings. The van der Waals surface area contributed by atoms with Crippen molar-refractivity contribution in [1.82, 2.24) is 5.32 Å². The molecule has 0 spiro atoms. The van der Waals surface area contributed by atoms with Crippen molar-refractivity contribution < 1.29 is 34.1 Å². The first-order chi connectivity index (χ1) is 18.5. The minimum atomic E-state index is -1.58. The number of fused-ring (bicyclic) bond motifs is 4. The van der Waals surface area contributed by atoms with E-state index in [1.54, 1.807) is 11.8 Å². The van der Waals surface area contributed by atoms with Crippen LogP contribution in [-0.4, -0.2) is 46.6 Å². The van der Waals surface area contributed by atoms with Gasteiger partial charge in [0.05, 0.1) is 11.1 Å². The van der Waals surface area contributed by atoms with Crippen LogP contribution in [0.3, 0.4) is 0 Å². The number of aryl methyl sites for hydroxylation is 1. The predicted molar refractivity (Wildman–Crippen MR) is 143 cm³/mol. The van der Waals surface area contributed by atoms with E-state index in [9.17, 15) is 29.4 Å². The second kappa shape index (κ2) is 9.41. The van der Waals surface area contributed by atoms with Crippen molar-refractivity contribution in [3.8, 4) is 17.2 Å². The number of hydrogen-bond acceptors (Lipinski definition) is 8. The number of ether oxygens (including phenoxy) is 1. The van der Waals surface area contributed by atoms with Crippen molar-refractivity contribution in [2.45, 2.75) is 52.4 Å². The van der Waals surface area contributed by atoms with Crippen LogP contribution in [0.4, 0.5) is 5.69 Å². The molecule has 202 valence electrons. The lowest BCUT2D eigenvalue weighted by Crippen LogP contribution is -2.41. The first-order valence-electron chi connectivity index (χ1n) is 12.9. The number of aromatic hydroxyl groups is 2. The Kier molecular flexibility index (Phi) is 6.33. The lowest BCUT2D eigenvalue weighted by molar-refractivity contribution is -0.123. The summed E-state index contributed by atoms with van der Waals surface area (Å²) in [6.07, 6.45) is 3.15. The number of carbonyl (C=O) groups excluding carboxylic acids is 4. The normalized spacial score (nSPS) is 20.9. The minimum Gasteiger partial charge on any atom is -0.507 e. The standard InChI is InChI=1S/C30H30N2O7/c1-15-26(36)24(17(3)33)28-25(27(15)37)30(4)21(39-28)14-20(34)23(29(30)38)16(2)31-12-11-22(35)32-13-7-9-18-8-5-6-10-19(18)32/h5-6,8,10,14,31,36-37H,7,9,11-13H2,1-4H3. The van der Waals surface area contributed by atoms with Crippen LogP contribution >= 0.6 is 0 Å². The summed E-state index contributed by atoms with van der Waals surface area (Å²) in [4.78, 5) is 54.1. The van der Waals surface area contributed by atoms with Crippen LogP contribution in [0.1, 0.15) is 60.7 Å². The molecule has 3 N–H and O–H groups in total. The number of anilines is 1. The highest BCUT2D eigenvalue weighted by molar-refractivity contribution is 6.31. The number of Topliss-reactive ketones (excluding diaryl/α,β-unsaturated/α-hetero) is 2. The number of rotatable bonds is 5. The van der Waals surface area contributed by atoms with E-state index in [0.29, 0.717) is 12.2 Å². The van der Waals surface area contributed by atoms with Gasteiger partial charge in [-0.15, -0.1) is 0 Å². The number of allylic oxidation sites excluding steroid dienone is 4. The summed E-state index contributed by atoms with van der Waals surface area (Å²) in [6.45, 7) is 6.63. The molecular weight excluding hydrogens is 500 g/mol. The smallest absolute Gasteiger partial charge is 0.228 e. The molecule has 0 fully saturated rings. The second-order valence-corrected chi connectivity index (χ2v) is 10.3. The average Bonchev–Trinajstić information content (AvgIpc) is 3.19. The zero-order chi connectivity index (χ0) is 28.2. The van der Waals surface area contributed by atoms with Gasteiger partial charge in [0.2, 0.25) is 5.91 Å². The van der Waals surface area contributed by atoms with E-state index in [-0.39, 0.29) is 58.4 Å². The molecule has 1 aliphatic carbocycles. The molecule has 0 bridgehead atoms. The fraction of sp³-hybridized carbons (Fsp3) is 0.333. The quantitative estimate of drug-likeness (QED) is 0.304. The van der Waals surface area contributed by atoms with Gasteiger partial charge in [-0.1, -0.05) is 18.2 Å². The van der Waals surface area contributed by atoms with Crippen LogP contribution in [0, 0.1) is 6.92 Å². The SMILES string of the molecule is CC(=O)c1c(O)c(C)c(O)c2c1OC1=CC(=O)C(=C(C)NCCC(=O)N3CCCc4ccccc43)C(=O)C12C. The molecule has 1 amide bonds. The maximum Gasteiger partial charge on any atom is 0.228 e. The summed E-state index contributed by atoms with van der Waals surface area (Å²) in [5.41, 5.74) is 0.557. The van der Waals surface area contributed by atoms with E-state index in [1.165, 1.54) is 26.8 Å². The van der Waals surface area contributed by atoms with Crippen LogP contribution in [0.2, 0.25) is 0 Å². The molecule has 2 heterocycles. The topological polar surface area (TPSA) is 133 Å². The summed E-state index contributed by atoms with van der Waals surface area (Å²) in [7, 11) is 0. The summed E-state index contributed by atoms with van der Waals surface area (Å²) in [6, 6.07) is 7.83. The first kappa shape index (κ1) is 26.2. The van der Waals surface area contributed by atoms with Crippen molar-refractivity contribution >= 4 is 28.9 Å². The van der Waals surface area contributed by atoms with Crippen molar-refractivity contribution in [3.63, 3.8) is 0 Å². The summed E-state index contributed by atoms with van der Waals surface area (Å²) in [5, 5.41) is 24.5. The maximum absolute atomic E-state index is 13.9. The third-order valence-electron chi connectivity index (χ3n) is 7.90. The molecule has 9 heteroatoms. The Bertz CT molecular complexity index is 1530. The van der Waals surface area contributed by atoms with Crippen molar-refractivity contribution in [3.05, 3.63) is 69.6 Å². The molecular formula is C30H30N2O7. The van der Waals surface area contributed by atoms with Crippen LogP contribution < -0.4 is 15.0 Å². The fourth-order valence-electron chi connectivity index (χ4n) is 5.74. The highest BCUT2D eigenvalue weighted by Gasteiger charge is 2.56. The van der Waals surface area contributed by atoms with Gasteiger partial charge in [-0.2, -0.15) is 0 Å². The second-order valence-electron chi connectivity index (χ2n) is 10.3. The van der Waals surface area contributed by atoms with Gasteiger partial charge in [0.1, 0.15) is 34.0 Å². The third kappa shape index (κ3) is 3.91. The lowest BCUT2D eigenvalue weighted by atomic mass is 9.70. The summed E-state index contributed by atoms with van der Waals surface area (Å²) >= 11 is 0. The van der Waals surface area contributed by atoms with E-state index < -0.39 is 28.5 Å². The molecule has 0 aromatic heterocycles. The number of hydrogen-bond donors (Lipinski definition) is 3. The Morgan fingerprint density at radius 3 is 2.56 bits per heavy atom. The van der Waals surface area contributed by atoms with Gasteiger partial charge in [-0.05, 0) is 52.2 Å². The highest BCUT2D eigenvalue weighted by atomic mass is 16.5. The van der Waals surface area contributed by atoms with Gasteiger partial charge in [0.25, 0.3) is 0 Å². The van der Waals surface area contributed by atoms with E-state index >= 15 is 0 Å². The van der Waals surface area contributed by atoms with E-state index in [4.69, 9.17) is 4.74 Å². The maximum atomic E-state index is 13.9. The molecule has 39 heavy (non-hydrogen) atoms. The average molecular weight is 531 g/mol. The molecule has 1 atom stereocenters. The third-order valence-corrected chi connectivity index (χ3v) is 7.90. The molecule has 0 saturated heterocycles. The van der Waals surface area contributed by atoms with Crippen LogP contribution in [0.5, 0.6) is 17.2 Å². The number of amides is 1. The van der Waals surface area contributed by atoms with Gasteiger partial charge in [0.15, 0.2) is 17.3 Å². The number of ketones is 3. The largest absolute Gasteiger partial charge is 0.507 e.